The number of benzene rings is 1. The van der Waals surface area contributed by atoms with Crippen LogP contribution in [0.1, 0.15) is 5.56 Å². The van der Waals surface area contributed by atoms with Gasteiger partial charge in [-0.25, -0.2) is 0 Å². The third kappa shape index (κ3) is 2.68. The molecule has 3 aromatic rings. The quantitative estimate of drug-likeness (QED) is 0.531. The van der Waals surface area contributed by atoms with Gasteiger partial charge in [-0.1, -0.05) is 0 Å². The van der Waals surface area contributed by atoms with Crippen LogP contribution in [-0.2, 0) is 0 Å². The van der Waals surface area contributed by atoms with Crippen molar-refractivity contribution in [2.75, 3.05) is 0 Å². The molecule has 0 aliphatic carbocycles. The Hall–Kier alpha value is -3.12. The lowest BCUT2D eigenvalue weighted by atomic mass is 10.2. The van der Waals surface area contributed by atoms with Crippen molar-refractivity contribution < 1.29 is 13.8 Å². The molecule has 0 spiro atoms. The molecule has 0 aliphatic heterocycles. The Morgan fingerprint density at radius 2 is 2.18 bits per heavy atom. The molecule has 0 atom stereocenters. The zero-order valence-electron chi connectivity index (χ0n) is 10.8. The normalized spacial score (nSPS) is 10.3. The maximum Gasteiger partial charge on any atom is 0.284 e. The summed E-state index contributed by atoms with van der Waals surface area (Å²) < 4.78 is 10.6. The Bertz CT molecular complexity index is 867. The Morgan fingerprint density at radius 3 is 2.86 bits per heavy atom. The lowest BCUT2D eigenvalue weighted by Gasteiger charge is -1.99. The number of hydrogen-bond donors (Lipinski definition) is 0. The largest absolute Gasteiger partial charge is 0.459 e. The van der Waals surface area contributed by atoms with Gasteiger partial charge in [0.25, 0.3) is 16.8 Å². The third-order valence-corrected chi connectivity index (χ3v) is 3.55. The number of hydrogen-bond acceptors (Lipinski definition) is 8. The molecule has 0 N–H and O–H groups in total. The van der Waals surface area contributed by atoms with E-state index in [-0.39, 0.29) is 22.4 Å². The molecule has 108 valence electrons. The Labute approximate surface area is 127 Å². The van der Waals surface area contributed by atoms with Crippen LogP contribution in [0.5, 0.6) is 0 Å². The van der Waals surface area contributed by atoms with E-state index in [0.29, 0.717) is 10.7 Å². The second-order valence-electron chi connectivity index (χ2n) is 4.00. The number of nitriles is 1. The summed E-state index contributed by atoms with van der Waals surface area (Å²) in [6.45, 7) is 0. The highest BCUT2D eigenvalue weighted by atomic mass is 32.2. The number of furan rings is 1. The van der Waals surface area contributed by atoms with Crippen LogP contribution >= 0.6 is 11.8 Å². The van der Waals surface area contributed by atoms with Gasteiger partial charge in [0.15, 0.2) is 5.76 Å². The van der Waals surface area contributed by atoms with Crippen LogP contribution in [-0.4, -0.2) is 15.1 Å². The molecule has 0 saturated heterocycles. The van der Waals surface area contributed by atoms with Gasteiger partial charge in [-0.2, -0.15) is 5.26 Å². The molecule has 0 amide bonds. The standard InChI is InChI=1S/C13H6N4O4S/c14-7-8-6-9(17(18)19)3-4-11(8)22-13-16-15-12(21-13)10-2-1-5-20-10/h1-6H. The molecule has 0 saturated carbocycles. The molecule has 2 aromatic heterocycles. The summed E-state index contributed by atoms with van der Waals surface area (Å²) in [5.74, 6) is 0.650. The molecule has 0 bridgehead atoms. The van der Waals surface area contributed by atoms with Crippen molar-refractivity contribution in [3.8, 4) is 17.7 Å². The summed E-state index contributed by atoms with van der Waals surface area (Å²) in [4.78, 5) is 10.6. The van der Waals surface area contributed by atoms with Crippen molar-refractivity contribution in [3.63, 3.8) is 0 Å². The maximum atomic E-state index is 10.7. The first-order valence-corrected chi connectivity index (χ1v) is 6.73. The third-order valence-electron chi connectivity index (χ3n) is 2.63. The molecular formula is C13H6N4O4S. The van der Waals surface area contributed by atoms with Gasteiger partial charge in [0.05, 0.1) is 16.7 Å². The molecular weight excluding hydrogens is 308 g/mol. The summed E-state index contributed by atoms with van der Waals surface area (Å²) >= 11 is 1.05. The van der Waals surface area contributed by atoms with E-state index in [9.17, 15) is 10.1 Å². The summed E-state index contributed by atoms with van der Waals surface area (Å²) in [5.41, 5.74) is 0.0136. The Balaban J connectivity index is 1.87. The van der Waals surface area contributed by atoms with Crippen LogP contribution in [0, 0.1) is 21.4 Å². The zero-order chi connectivity index (χ0) is 15.5. The van der Waals surface area contributed by atoms with Crippen LogP contribution in [0.2, 0.25) is 0 Å². The van der Waals surface area contributed by atoms with E-state index in [4.69, 9.17) is 14.1 Å². The smallest absolute Gasteiger partial charge is 0.284 e. The predicted molar refractivity (Wildman–Crippen MR) is 73.9 cm³/mol. The molecule has 9 heteroatoms. The minimum absolute atomic E-state index is 0.150. The van der Waals surface area contributed by atoms with Crippen molar-refractivity contribution in [2.45, 2.75) is 10.1 Å². The SMILES string of the molecule is N#Cc1cc([N+](=O)[O-])ccc1Sc1nnc(-c2ccco2)o1. The van der Waals surface area contributed by atoms with Crippen LogP contribution < -0.4 is 0 Å². The van der Waals surface area contributed by atoms with Crippen molar-refractivity contribution >= 4 is 17.4 Å². The molecule has 0 aliphatic rings. The zero-order valence-corrected chi connectivity index (χ0v) is 11.6. The van der Waals surface area contributed by atoms with Gasteiger partial charge in [-0.15, -0.1) is 10.2 Å². The summed E-state index contributed by atoms with van der Waals surface area (Å²) in [5, 5.41) is 27.7. The number of nitro benzene ring substituents is 1. The predicted octanol–water partition coefficient (Wildman–Crippen LogP) is 3.26. The highest BCUT2D eigenvalue weighted by Gasteiger charge is 2.16. The highest BCUT2D eigenvalue weighted by molar-refractivity contribution is 7.99. The first-order valence-electron chi connectivity index (χ1n) is 5.91. The first kappa shape index (κ1) is 13.8. The number of nitro groups is 1. The summed E-state index contributed by atoms with van der Waals surface area (Å²) in [7, 11) is 0. The minimum atomic E-state index is -0.559. The van der Waals surface area contributed by atoms with E-state index in [1.165, 1.54) is 24.5 Å². The van der Waals surface area contributed by atoms with E-state index in [0.717, 1.165) is 11.8 Å². The monoisotopic (exact) mass is 314 g/mol. The van der Waals surface area contributed by atoms with E-state index in [2.05, 4.69) is 10.2 Å². The van der Waals surface area contributed by atoms with Crippen molar-refractivity contribution in [2.24, 2.45) is 0 Å². The molecule has 22 heavy (non-hydrogen) atoms. The average Bonchev–Trinajstić information content (AvgIpc) is 3.18. The van der Waals surface area contributed by atoms with E-state index in [1.807, 2.05) is 6.07 Å². The van der Waals surface area contributed by atoms with Gasteiger partial charge in [-0.3, -0.25) is 10.1 Å². The van der Waals surface area contributed by atoms with Crippen LogP contribution in [0.15, 0.2) is 55.5 Å². The molecule has 1 aromatic carbocycles. The fourth-order valence-corrected chi connectivity index (χ4v) is 2.39. The summed E-state index contributed by atoms with van der Waals surface area (Å²) in [6, 6.07) is 9.26. The minimum Gasteiger partial charge on any atom is -0.459 e. The molecule has 0 radical (unpaired) electrons. The Kier molecular flexibility index (Phi) is 3.59. The van der Waals surface area contributed by atoms with Crippen LogP contribution in [0.3, 0.4) is 0 Å². The second-order valence-corrected chi connectivity index (χ2v) is 5.00. The number of nitrogens with zero attached hydrogens (tertiary/aromatic N) is 4. The van der Waals surface area contributed by atoms with Crippen molar-refractivity contribution in [1.82, 2.24) is 10.2 Å². The molecule has 0 fully saturated rings. The maximum absolute atomic E-state index is 10.7. The fraction of sp³-hybridized carbons (Fsp3) is 0. The van der Waals surface area contributed by atoms with Gasteiger partial charge < -0.3 is 8.83 Å². The number of non-ortho nitro benzene ring substituents is 1. The molecule has 2 heterocycles. The van der Waals surface area contributed by atoms with E-state index >= 15 is 0 Å². The van der Waals surface area contributed by atoms with Gasteiger partial charge in [0.2, 0.25) is 0 Å². The first-order chi connectivity index (χ1) is 10.7. The topological polar surface area (TPSA) is 119 Å². The molecule has 8 nitrogen and oxygen atoms in total. The lowest BCUT2D eigenvalue weighted by Crippen LogP contribution is -1.90. The van der Waals surface area contributed by atoms with Crippen molar-refractivity contribution in [1.29, 1.82) is 5.26 Å². The highest BCUT2D eigenvalue weighted by Crippen LogP contribution is 2.32. The fourth-order valence-electron chi connectivity index (χ4n) is 1.65. The molecule has 0 unspecified atom stereocenters. The second kappa shape index (κ2) is 5.71. The van der Waals surface area contributed by atoms with Gasteiger partial charge >= 0.3 is 0 Å². The van der Waals surface area contributed by atoms with Crippen LogP contribution in [0.25, 0.3) is 11.7 Å². The van der Waals surface area contributed by atoms with Gasteiger partial charge in [0, 0.05) is 17.0 Å². The number of aromatic nitrogens is 2. The van der Waals surface area contributed by atoms with Crippen LogP contribution in [0.4, 0.5) is 5.69 Å². The van der Waals surface area contributed by atoms with E-state index < -0.39 is 4.92 Å². The van der Waals surface area contributed by atoms with Gasteiger partial charge in [0.1, 0.15) is 6.07 Å². The van der Waals surface area contributed by atoms with Crippen molar-refractivity contribution in [3.05, 3.63) is 52.3 Å². The average molecular weight is 314 g/mol. The lowest BCUT2D eigenvalue weighted by molar-refractivity contribution is -0.384. The number of rotatable bonds is 4. The Morgan fingerprint density at radius 1 is 1.32 bits per heavy atom. The summed E-state index contributed by atoms with van der Waals surface area (Å²) in [6.07, 6.45) is 1.48. The molecule has 3 rings (SSSR count). The van der Waals surface area contributed by atoms with E-state index in [1.54, 1.807) is 12.1 Å². The van der Waals surface area contributed by atoms with Gasteiger partial charge in [-0.05, 0) is 30.0 Å².